The van der Waals surface area contributed by atoms with E-state index in [1.165, 1.54) is 19.3 Å². The van der Waals surface area contributed by atoms with Crippen molar-refractivity contribution in [2.24, 2.45) is 0 Å². The molecule has 0 N–H and O–H groups in total. The van der Waals surface area contributed by atoms with Gasteiger partial charge in [0.25, 0.3) is 0 Å². The van der Waals surface area contributed by atoms with E-state index in [0.29, 0.717) is 30.2 Å². The summed E-state index contributed by atoms with van der Waals surface area (Å²) in [6.07, 6.45) is 7.85. The third-order valence-electron chi connectivity index (χ3n) is 4.99. The Kier molecular flexibility index (Phi) is 7.46. The predicted molar refractivity (Wildman–Crippen MR) is 114 cm³/mol. The second-order valence-corrected chi connectivity index (χ2v) is 7.22. The molecule has 3 rings (SSSR count). The van der Waals surface area contributed by atoms with Crippen LogP contribution in [0.2, 0.25) is 0 Å². The maximum absolute atomic E-state index is 14.9. The summed E-state index contributed by atoms with van der Waals surface area (Å²) in [6.45, 7) is 5.54. The van der Waals surface area contributed by atoms with Crippen molar-refractivity contribution in [2.45, 2.75) is 58.8 Å². The van der Waals surface area contributed by atoms with Crippen molar-refractivity contribution in [2.75, 3.05) is 13.2 Å². The average molecular weight is 384 g/mol. The van der Waals surface area contributed by atoms with Crippen LogP contribution in [0.15, 0.2) is 36.4 Å². The van der Waals surface area contributed by atoms with Crippen LogP contribution in [-0.4, -0.2) is 18.2 Å². The Morgan fingerprint density at radius 3 is 2.25 bits per heavy atom. The Bertz CT molecular complexity index is 910. The zero-order chi connectivity index (χ0) is 19.8. The molecule has 2 aromatic carbocycles. The molecule has 1 heterocycles. The van der Waals surface area contributed by atoms with E-state index >= 15 is 0 Å². The minimum absolute atomic E-state index is 0.295. The minimum Gasteiger partial charge on any atom is -0.490 e. The highest BCUT2D eigenvalue weighted by molar-refractivity contribution is 6.06. The van der Waals surface area contributed by atoms with Crippen molar-refractivity contribution >= 4 is 21.7 Å². The summed E-state index contributed by atoms with van der Waals surface area (Å²) in [5.74, 6) is 0.648. The van der Waals surface area contributed by atoms with Gasteiger partial charge in [0, 0.05) is 16.8 Å². The first-order valence-electron chi connectivity index (χ1n) is 10.5. The SMILES string of the molecule is CCCCCCCOc1ccc2c(ccc3nc(OCCCC)ccc32)c1F. The first-order valence-corrected chi connectivity index (χ1v) is 10.5. The monoisotopic (exact) mass is 383 g/mol. The molecular formula is C24H30FNO2. The average Bonchev–Trinajstić information content (AvgIpc) is 2.72. The van der Waals surface area contributed by atoms with Gasteiger partial charge in [-0.1, -0.05) is 46.0 Å². The van der Waals surface area contributed by atoms with Gasteiger partial charge in [-0.3, -0.25) is 0 Å². The van der Waals surface area contributed by atoms with Gasteiger partial charge in [0.1, 0.15) is 0 Å². The number of rotatable bonds is 11. The molecule has 3 nitrogen and oxygen atoms in total. The molecule has 0 bridgehead atoms. The zero-order valence-corrected chi connectivity index (χ0v) is 17.0. The quantitative estimate of drug-likeness (QED) is 0.262. The van der Waals surface area contributed by atoms with Crippen LogP contribution >= 0.6 is 0 Å². The van der Waals surface area contributed by atoms with Crippen molar-refractivity contribution in [1.29, 1.82) is 0 Å². The van der Waals surface area contributed by atoms with Crippen molar-refractivity contribution in [3.63, 3.8) is 0 Å². The fraction of sp³-hybridized carbons (Fsp3) is 0.458. The van der Waals surface area contributed by atoms with Gasteiger partial charge < -0.3 is 9.47 Å². The fourth-order valence-corrected chi connectivity index (χ4v) is 3.34. The number of unbranched alkanes of at least 4 members (excludes halogenated alkanes) is 5. The molecule has 150 valence electrons. The van der Waals surface area contributed by atoms with E-state index in [1.807, 2.05) is 24.3 Å². The molecular weight excluding hydrogens is 353 g/mol. The Hall–Kier alpha value is -2.36. The molecule has 0 atom stereocenters. The molecule has 28 heavy (non-hydrogen) atoms. The standard InChI is InChI=1S/C24H30FNO2/c1-3-5-7-8-9-17-27-22-14-11-18-19-12-15-23(28-16-6-4-2)26-21(19)13-10-20(18)24(22)25/h10-15H,3-9,16-17H2,1-2H3. The van der Waals surface area contributed by atoms with E-state index in [-0.39, 0.29) is 5.82 Å². The third kappa shape index (κ3) is 4.92. The summed E-state index contributed by atoms with van der Waals surface area (Å²) in [4.78, 5) is 4.56. The molecule has 0 spiro atoms. The number of fused-ring (bicyclic) bond motifs is 3. The topological polar surface area (TPSA) is 31.4 Å². The lowest BCUT2D eigenvalue weighted by Gasteiger charge is -2.11. The van der Waals surface area contributed by atoms with E-state index in [1.54, 1.807) is 12.1 Å². The number of ether oxygens (including phenoxy) is 2. The molecule has 0 aliphatic heterocycles. The molecule has 0 unspecified atom stereocenters. The van der Waals surface area contributed by atoms with Crippen molar-refractivity contribution in [1.82, 2.24) is 4.98 Å². The summed E-state index contributed by atoms with van der Waals surface area (Å²) in [7, 11) is 0. The zero-order valence-electron chi connectivity index (χ0n) is 17.0. The van der Waals surface area contributed by atoms with E-state index in [0.717, 1.165) is 42.0 Å². The number of hydrogen-bond donors (Lipinski definition) is 0. The van der Waals surface area contributed by atoms with Crippen molar-refractivity contribution in [3.8, 4) is 11.6 Å². The van der Waals surface area contributed by atoms with Crippen molar-refractivity contribution in [3.05, 3.63) is 42.2 Å². The molecule has 0 saturated carbocycles. The molecule has 0 aliphatic rings. The van der Waals surface area contributed by atoms with E-state index in [4.69, 9.17) is 9.47 Å². The third-order valence-corrected chi connectivity index (χ3v) is 4.99. The summed E-state index contributed by atoms with van der Waals surface area (Å²) in [5.41, 5.74) is 0.811. The fourth-order valence-electron chi connectivity index (χ4n) is 3.34. The number of nitrogens with zero attached hydrogens (tertiary/aromatic N) is 1. The van der Waals surface area contributed by atoms with Crippen LogP contribution in [-0.2, 0) is 0 Å². The Morgan fingerprint density at radius 1 is 0.714 bits per heavy atom. The van der Waals surface area contributed by atoms with Crippen LogP contribution in [0.25, 0.3) is 21.7 Å². The summed E-state index contributed by atoms with van der Waals surface area (Å²) in [6, 6.07) is 11.1. The maximum atomic E-state index is 14.9. The van der Waals surface area contributed by atoms with Gasteiger partial charge in [-0.25, -0.2) is 9.37 Å². The van der Waals surface area contributed by atoms with E-state index in [2.05, 4.69) is 18.8 Å². The van der Waals surface area contributed by atoms with Gasteiger partial charge in [-0.2, -0.15) is 0 Å². The summed E-state index contributed by atoms with van der Waals surface area (Å²) < 4.78 is 26.3. The number of hydrogen-bond acceptors (Lipinski definition) is 3. The van der Waals surface area contributed by atoms with Crippen LogP contribution in [0.5, 0.6) is 11.6 Å². The van der Waals surface area contributed by atoms with E-state index in [9.17, 15) is 4.39 Å². The highest BCUT2D eigenvalue weighted by Crippen LogP contribution is 2.32. The molecule has 0 fully saturated rings. The Morgan fingerprint density at radius 2 is 1.43 bits per heavy atom. The lowest BCUT2D eigenvalue weighted by Crippen LogP contribution is -2.00. The Labute approximate surface area is 166 Å². The second kappa shape index (κ2) is 10.3. The summed E-state index contributed by atoms with van der Waals surface area (Å²) in [5, 5.41) is 2.33. The van der Waals surface area contributed by atoms with Gasteiger partial charge >= 0.3 is 0 Å². The van der Waals surface area contributed by atoms with Crippen LogP contribution in [0, 0.1) is 5.82 Å². The van der Waals surface area contributed by atoms with Crippen LogP contribution in [0.3, 0.4) is 0 Å². The minimum atomic E-state index is -0.295. The van der Waals surface area contributed by atoms with Crippen molar-refractivity contribution < 1.29 is 13.9 Å². The molecule has 4 heteroatoms. The van der Waals surface area contributed by atoms with Gasteiger partial charge in [0.2, 0.25) is 5.88 Å². The number of halogens is 1. The van der Waals surface area contributed by atoms with Gasteiger partial charge in [0.15, 0.2) is 11.6 Å². The van der Waals surface area contributed by atoms with Crippen LogP contribution in [0.1, 0.15) is 58.8 Å². The predicted octanol–water partition coefficient (Wildman–Crippen LogP) is 7.06. The molecule has 3 aromatic rings. The van der Waals surface area contributed by atoms with Gasteiger partial charge in [0.05, 0.1) is 18.7 Å². The molecule has 0 radical (unpaired) electrons. The molecule has 0 amide bonds. The second-order valence-electron chi connectivity index (χ2n) is 7.22. The van der Waals surface area contributed by atoms with E-state index < -0.39 is 0 Å². The first kappa shape index (κ1) is 20.4. The number of aromatic nitrogens is 1. The normalized spacial score (nSPS) is 11.2. The van der Waals surface area contributed by atoms with Gasteiger partial charge in [-0.05, 0) is 48.6 Å². The van der Waals surface area contributed by atoms with Crippen LogP contribution < -0.4 is 9.47 Å². The highest BCUT2D eigenvalue weighted by atomic mass is 19.1. The number of benzene rings is 2. The molecule has 1 aromatic heterocycles. The maximum Gasteiger partial charge on any atom is 0.213 e. The lowest BCUT2D eigenvalue weighted by molar-refractivity contribution is 0.291. The largest absolute Gasteiger partial charge is 0.490 e. The van der Waals surface area contributed by atoms with Gasteiger partial charge in [-0.15, -0.1) is 0 Å². The molecule has 0 saturated heterocycles. The lowest BCUT2D eigenvalue weighted by atomic mass is 10.0. The molecule has 0 aliphatic carbocycles. The Balaban J connectivity index is 1.75. The number of pyridine rings is 1. The smallest absolute Gasteiger partial charge is 0.213 e. The van der Waals surface area contributed by atoms with Crippen LogP contribution in [0.4, 0.5) is 4.39 Å². The summed E-state index contributed by atoms with van der Waals surface area (Å²) >= 11 is 0. The first-order chi connectivity index (χ1) is 13.7. The highest BCUT2D eigenvalue weighted by Gasteiger charge is 2.12.